The number of anilines is 1. The number of furan rings is 1. The maximum atomic E-state index is 13.1. The van der Waals surface area contributed by atoms with Gasteiger partial charge in [0, 0.05) is 0 Å². The van der Waals surface area contributed by atoms with Gasteiger partial charge in [0.15, 0.2) is 0 Å². The van der Waals surface area contributed by atoms with Gasteiger partial charge in [-0.1, -0.05) is 30.3 Å². The molecule has 1 heterocycles. The Kier molecular flexibility index (Phi) is 6.07. The topological polar surface area (TPSA) is 102 Å². The predicted octanol–water partition coefficient (Wildman–Crippen LogP) is 4.10. The normalized spacial score (nSPS) is 10.8. The fraction of sp³-hybridized carbons (Fsp3) is 0.235. The van der Waals surface area contributed by atoms with Crippen LogP contribution in [0.15, 0.2) is 34.7 Å². The van der Waals surface area contributed by atoms with E-state index in [1.807, 2.05) is 5.32 Å². The smallest absolute Gasteiger partial charge is 0.450 e. The zero-order valence-corrected chi connectivity index (χ0v) is 13.9. The lowest BCUT2D eigenvalue weighted by Crippen LogP contribution is -2.15. The first-order valence-electron chi connectivity index (χ1n) is 7.56. The van der Waals surface area contributed by atoms with Gasteiger partial charge in [0.2, 0.25) is 11.6 Å². The lowest BCUT2D eigenvalue weighted by Gasteiger charge is -2.05. The number of alkyl halides is 3. The van der Waals surface area contributed by atoms with Gasteiger partial charge in [-0.2, -0.15) is 18.4 Å². The van der Waals surface area contributed by atoms with E-state index in [-0.39, 0.29) is 13.2 Å². The monoisotopic (exact) mass is 382 g/mol. The number of hydrogen-bond acceptors (Lipinski definition) is 6. The summed E-state index contributed by atoms with van der Waals surface area (Å²) < 4.78 is 53.3. The molecule has 2 aromatic rings. The minimum Gasteiger partial charge on any atom is -0.462 e. The summed E-state index contributed by atoms with van der Waals surface area (Å²) in [7, 11) is 0. The Morgan fingerprint density at radius 1 is 1.22 bits per heavy atom. The Morgan fingerprint density at radius 2 is 1.89 bits per heavy atom. The van der Waals surface area contributed by atoms with Gasteiger partial charge in [0.05, 0.1) is 6.61 Å². The van der Waals surface area contributed by atoms with Crippen molar-refractivity contribution in [1.82, 2.24) is 0 Å². The Hall–Kier alpha value is -3.48. The molecule has 0 spiro atoms. The Morgan fingerprint density at radius 3 is 2.44 bits per heavy atom. The van der Waals surface area contributed by atoms with Crippen LogP contribution in [0.25, 0.3) is 0 Å². The van der Waals surface area contributed by atoms with Crippen LogP contribution in [0.3, 0.4) is 0 Å². The molecule has 142 valence electrons. The molecule has 0 bridgehead atoms. The van der Waals surface area contributed by atoms with Gasteiger partial charge in [-0.05, 0) is 12.5 Å². The molecule has 2 rings (SSSR count). The first kappa shape index (κ1) is 19.8. The molecule has 0 unspecified atom stereocenters. The lowest BCUT2D eigenvalue weighted by molar-refractivity contribution is -0.153. The summed E-state index contributed by atoms with van der Waals surface area (Å²) in [6, 6.07) is 9.91. The molecular weight excluding hydrogens is 369 g/mol. The van der Waals surface area contributed by atoms with E-state index in [4.69, 9.17) is 10.00 Å². The molecule has 1 aromatic carbocycles. The van der Waals surface area contributed by atoms with E-state index >= 15 is 0 Å². The molecule has 0 saturated heterocycles. The van der Waals surface area contributed by atoms with Crippen LogP contribution < -0.4 is 5.32 Å². The summed E-state index contributed by atoms with van der Waals surface area (Å²) in [5.41, 5.74) is -1.28. The van der Waals surface area contributed by atoms with Gasteiger partial charge in [0.1, 0.15) is 23.8 Å². The standard InChI is InChI=1S/C17H13F3N2O5/c1-2-25-15(23)12-11(8-21)14(27-13(12)17(18,19)20)22-16(24)26-9-10-6-4-3-5-7-10/h3-7H,2,9H2,1H3,(H,22,24). The minimum absolute atomic E-state index is 0.161. The van der Waals surface area contributed by atoms with Crippen molar-refractivity contribution in [2.24, 2.45) is 0 Å². The molecule has 27 heavy (non-hydrogen) atoms. The molecule has 0 radical (unpaired) electrons. The maximum Gasteiger partial charge on any atom is 0.450 e. The third kappa shape index (κ3) is 4.78. The average molecular weight is 382 g/mol. The van der Waals surface area contributed by atoms with Gasteiger partial charge < -0.3 is 13.9 Å². The first-order chi connectivity index (χ1) is 12.8. The predicted molar refractivity (Wildman–Crippen MR) is 84.6 cm³/mol. The summed E-state index contributed by atoms with van der Waals surface area (Å²) in [5.74, 6) is -3.99. The van der Waals surface area contributed by atoms with Crippen molar-refractivity contribution in [2.75, 3.05) is 11.9 Å². The number of nitriles is 1. The number of halogens is 3. The average Bonchev–Trinajstić information content (AvgIpc) is 2.99. The largest absolute Gasteiger partial charge is 0.462 e. The van der Waals surface area contributed by atoms with Gasteiger partial charge in [-0.15, -0.1) is 0 Å². The zero-order valence-electron chi connectivity index (χ0n) is 13.9. The second kappa shape index (κ2) is 8.27. The van der Waals surface area contributed by atoms with Gasteiger partial charge in [0.25, 0.3) is 0 Å². The second-order valence-corrected chi connectivity index (χ2v) is 5.03. The fourth-order valence-electron chi connectivity index (χ4n) is 2.08. The van der Waals surface area contributed by atoms with Crippen LogP contribution in [0.5, 0.6) is 0 Å². The lowest BCUT2D eigenvalue weighted by atomic mass is 10.1. The van der Waals surface area contributed by atoms with E-state index in [2.05, 4.69) is 9.15 Å². The van der Waals surface area contributed by atoms with Crippen LogP contribution in [0, 0.1) is 11.3 Å². The zero-order chi connectivity index (χ0) is 20.0. The summed E-state index contributed by atoms with van der Waals surface area (Å²) in [5, 5.41) is 11.0. The highest BCUT2D eigenvalue weighted by Gasteiger charge is 2.44. The van der Waals surface area contributed by atoms with Crippen LogP contribution >= 0.6 is 0 Å². The number of carbonyl (C=O) groups excluding carboxylic acids is 2. The number of esters is 1. The van der Waals surface area contributed by atoms with Gasteiger partial charge in [-0.25, -0.2) is 9.59 Å². The number of nitrogens with zero attached hydrogens (tertiary/aromatic N) is 1. The fourth-order valence-corrected chi connectivity index (χ4v) is 2.08. The highest BCUT2D eigenvalue weighted by Crippen LogP contribution is 2.39. The van der Waals surface area contributed by atoms with Crippen LogP contribution in [-0.4, -0.2) is 18.7 Å². The van der Waals surface area contributed by atoms with Crippen molar-refractivity contribution in [3.63, 3.8) is 0 Å². The Balaban J connectivity index is 2.27. The van der Waals surface area contributed by atoms with Crippen molar-refractivity contribution >= 4 is 17.9 Å². The molecule has 0 aliphatic heterocycles. The maximum absolute atomic E-state index is 13.1. The van der Waals surface area contributed by atoms with Crippen molar-refractivity contribution < 1.29 is 36.7 Å². The van der Waals surface area contributed by atoms with Crippen LogP contribution in [0.2, 0.25) is 0 Å². The van der Waals surface area contributed by atoms with Crippen LogP contribution in [-0.2, 0) is 22.3 Å². The molecular formula is C17H13F3N2O5. The van der Waals surface area contributed by atoms with E-state index < -0.39 is 41.0 Å². The number of ether oxygens (including phenoxy) is 2. The second-order valence-electron chi connectivity index (χ2n) is 5.03. The van der Waals surface area contributed by atoms with Gasteiger partial charge >= 0.3 is 18.2 Å². The molecule has 10 heteroatoms. The summed E-state index contributed by atoms with van der Waals surface area (Å²) in [6.07, 6.45) is -6.24. The molecule has 0 atom stereocenters. The summed E-state index contributed by atoms with van der Waals surface area (Å²) >= 11 is 0. The van der Waals surface area contributed by atoms with Crippen molar-refractivity contribution in [1.29, 1.82) is 5.26 Å². The molecule has 1 N–H and O–H groups in total. The first-order valence-corrected chi connectivity index (χ1v) is 7.56. The van der Waals surface area contributed by atoms with Crippen LogP contribution in [0.4, 0.5) is 23.8 Å². The van der Waals surface area contributed by atoms with E-state index in [0.717, 1.165) is 0 Å². The number of carbonyl (C=O) groups is 2. The van der Waals surface area contributed by atoms with Crippen molar-refractivity contribution in [2.45, 2.75) is 19.7 Å². The SMILES string of the molecule is CCOC(=O)c1c(C(F)(F)F)oc(NC(=O)OCc2ccccc2)c1C#N. The Labute approximate surface area is 151 Å². The molecule has 1 aromatic heterocycles. The van der Waals surface area contributed by atoms with E-state index in [0.29, 0.717) is 5.56 Å². The third-order valence-electron chi connectivity index (χ3n) is 3.19. The molecule has 0 fully saturated rings. The van der Waals surface area contributed by atoms with Gasteiger partial charge in [-0.3, -0.25) is 5.32 Å². The number of hydrogen-bond donors (Lipinski definition) is 1. The third-order valence-corrected chi connectivity index (χ3v) is 3.19. The summed E-state index contributed by atoms with van der Waals surface area (Å²) in [6.45, 7) is 1.01. The molecule has 0 saturated carbocycles. The molecule has 7 nitrogen and oxygen atoms in total. The van der Waals surface area contributed by atoms with E-state index in [1.54, 1.807) is 30.3 Å². The van der Waals surface area contributed by atoms with Crippen molar-refractivity contribution in [3.05, 3.63) is 52.8 Å². The number of rotatable bonds is 5. The van der Waals surface area contributed by atoms with E-state index in [1.165, 1.54) is 13.0 Å². The highest BCUT2D eigenvalue weighted by molar-refractivity contribution is 5.97. The molecule has 1 amide bonds. The van der Waals surface area contributed by atoms with Crippen LogP contribution in [0.1, 0.15) is 34.2 Å². The molecule has 0 aliphatic rings. The molecule has 0 aliphatic carbocycles. The summed E-state index contributed by atoms with van der Waals surface area (Å²) in [4.78, 5) is 23.6. The van der Waals surface area contributed by atoms with Crippen molar-refractivity contribution in [3.8, 4) is 6.07 Å². The number of nitrogens with one attached hydrogen (secondary N) is 1. The highest BCUT2D eigenvalue weighted by atomic mass is 19.4. The minimum atomic E-state index is -5.08. The van der Waals surface area contributed by atoms with E-state index in [9.17, 15) is 22.8 Å². The number of benzene rings is 1. The quantitative estimate of drug-likeness (QED) is 0.782. The Bertz CT molecular complexity index is 869. The number of amides is 1.